The molecule has 8 aromatic rings. The van der Waals surface area contributed by atoms with E-state index in [4.69, 9.17) is 85.0 Å². The van der Waals surface area contributed by atoms with Gasteiger partial charge in [0.05, 0.1) is 115 Å². The first kappa shape index (κ1) is 95.6. The predicted octanol–water partition coefficient (Wildman–Crippen LogP) is 9.33. The van der Waals surface area contributed by atoms with Crippen LogP contribution in [0.1, 0.15) is 146 Å². The summed E-state index contributed by atoms with van der Waals surface area (Å²) < 4.78 is 173. The van der Waals surface area contributed by atoms with Crippen LogP contribution in [-0.2, 0) is 94.6 Å². The van der Waals surface area contributed by atoms with Crippen molar-refractivity contribution in [2.75, 3.05) is 63.5 Å². The SMILES string of the molecule is [BH3-][P+]1(OCCC#N)OCC2O[C@@H](n3cnc4c(NC(=O)c5ccccc5)ncnc43)[C@H](F)[C@@H]2OP(=S)(OCCC#N)OC[C@H]2O[C@@H](n3cnc4c3N=C(CC(=O)C(C)C)CC4=O)[C@H](F)[C@@H]2O1.[BH3-][P+]1(OCCC#N)OCC2O[C@@H](n3cnc4c(NC(=O)c5ccccc5)ncnc43)[C@H](F)[C@@H]2OP(OCCC#N)OC[C@H]2O[C@@H](n3cnc4c3N=C(CC(=O)C(C)C)CC4=O)[C@H](F)[C@@H]2O1. The van der Waals surface area contributed by atoms with Gasteiger partial charge >= 0.3 is 15.3 Å². The Morgan fingerprint density at radius 3 is 1.40 bits per heavy atom. The minimum Gasteiger partial charge on any atom is -0.346 e. The van der Waals surface area contributed by atoms with Gasteiger partial charge in [0.15, 0.2) is 130 Å². The number of ketones is 4. The Labute approximate surface area is 753 Å². The Morgan fingerprint density at radius 1 is 0.542 bits per heavy atom. The summed E-state index contributed by atoms with van der Waals surface area (Å²) in [5, 5.41) is 42.8. The number of fused-ring (bicyclic) bond motifs is 8. The van der Waals surface area contributed by atoms with Crippen LogP contribution in [0.4, 0.5) is 40.8 Å². The third-order valence-electron chi connectivity index (χ3n) is 20.8. The average Bonchev–Trinajstić information content (AvgIpc) is 1.62. The molecule has 6 fully saturated rings. The zero-order chi connectivity index (χ0) is 92.6. The molecular formula is C78H86B2F4N20O22P4S. The highest BCUT2D eigenvalue weighted by Crippen LogP contribution is 2.65. The number of ether oxygens (including phenoxy) is 4. The number of amides is 2. The minimum atomic E-state index is -4.08. The number of anilines is 2. The number of carbonyl (C=O) groups is 6. The van der Waals surface area contributed by atoms with Crippen molar-refractivity contribution in [3.63, 3.8) is 0 Å². The summed E-state index contributed by atoms with van der Waals surface area (Å²) in [5.74, 6) is -2.42. The van der Waals surface area contributed by atoms with Gasteiger partial charge < -0.3 is 52.2 Å². The molecule has 2 aromatic carbocycles. The number of benzene rings is 2. The van der Waals surface area contributed by atoms with Crippen LogP contribution in [0.15, 0.2) is 109 Å². The molecule has 8 aliphatic rings. The Balaban J connectivity index is 0.000000201. The van der Waals surface area contributed by atoms with Crippen molar-refractivity contribution >= 4 is 150 Å². The zero-order valence-corrected chi connectivity index (χ0v) is 73.1. The lowest BCUT2D eigenvalue weighted by Crippen LogP contribution is -2.38. The molecule has 6 aromatic heterocycles. The van der Waals surface area contributed by atoms with E-state index in [1.165, 1.54) is 56.2 Å². The standard InChI is InChI=1S/C39H43BF2N10O11P2S.C39H43BF2N10O11P2/c1-21(2)24(53)14-23-15-25(54)30-36(49-23)52(19-47-30)39-28(41)32-27(61-39)17-59-65(66,57-13-7-11-44)63-33-26(16-58-64(40,62-32)56-12-6-10-43)60-38(29(33)42)51-20-48-31-34(45-18-46-35(31)51)50-37(55)22-8-4-3-5-9-22;1-21(2)24(53)14-23-15-25(54)30-36(49-23)52(19-47-30)39-29(42)33-26(60-39)16-57-64(56-12-6-10-43)62-32-27(17-59-65(40,63-33)58-13-7-11-44)61-38(28(32)41)51-20-48-31-34(45-18-46-35(31)51)50-37(55)22-8-4-3-5-9-22/h3-5,8-9,18-21,26-29,32-33,38-39H,6-7,12-17H2,1-2,40H3,(H,45,46,50,55);3-5,8-9,18-21,26-29,32-33,38-39H,6-7,12-17H2,1-2,40H3,(H,45,46,50,55)/t26?,27-,28-,29-,32-,33-,38-,39-,64?,65?;26-,27?,28-,29-,32-,33-,38-,39-,64?,65?/m11/s1. The lowest BCUT2D eigenvalue weighted by Gasteiger charge is -2.33. The van der Waals surface area contributed by atoms with E-state index in [1.54, 1.807) is 88.4 Å². The summed E-state index contributed by atoms with van der Waals surface area (Å²) in [7, 11) is -11.7. The van der Waals surface area contributed by atoms with E-state index >= 15 is 17.6 Å². The van der Waals surface area contributed by atoms with E-state index in [-0.39, 0.29) is 158 Å². The number of nitrogens with one attached hydrogen (secondary N) is 2. The lowest BCUT2D eigenvalue weighted by atomic mass is 9.98. The molecule has 42 nitrogen and oxygen atoms in total. The second-order valence-corrected chi connectivity index (χ2v) is 36.6. The molecule has 20 atom stereocenters. The number of Topliss-reactive ketones (excluding diaryl/α,β-unsaturated/α-hetero) is 4. The Morgan fingerprint density at radius 2 is 0.947 bits per heavy atom. The van der Waals surface area contributed by atoms with Gasteiger partial charge in [-0.3, -0.25) is 51.6 Å². The van der Waals surface area contributed by atoms with Gasteiger partial charge in [0.25, 0.3) is 11.8 Å². The molecule has 6 saturated heterocycles. The monoisotopic (exact) mass is 1910 g/mol. The molecule has 8 aliphatic heterocycles. The van der Waals surface area contributed by atoms with Gasteiger partial charge in [-0.05, 0) is 36.1 Å². The smallest absolute Gasteiger partial charge is 0.333 e. The first-order valence-corrected chi connectivity index (χ1v) is 46.1. The van der Waals surface area contributed by atoms with Crippen molar-refractivity contribution in [1.29, 1.82) is 21.0 Å². The molecule has 0 aliphatic carbocycles. The van der Waals surface area contributed by atoms with Gasteiger partial charge in [0, 0.05) is 47.2 Å². The summed E-state index contributed by atoms with van der Waals surface area (Å²) in [6.45, 7) is 0.362. The fraction of sp³-hybridized carbons (Fsp3) is 0.487. The van der Waals surface area contributed by atoms with Crippen molar-refractivity contribution in [2.45, 2.75) is 177 Å². The molecule has 2 amide bonds. The Hall–Kier alpha value is -9.97. The number of carbonyl (C=O) groups excluding carboxylic acids is 6. The largest absolute Gasteiger partial charge is 0.346 e. The predicted molar refractivity (Wildman–Crippen MR) is 463 cm³/mol. The van der Waals surface area contributed by atoms with Gasteiger partial charge in [-0.1, -0.05) is 64.1 Å². The number of halogens is 4. The third-order valence-corrected chi connectivity index (χ3v) is 26.6. The number of nitriles is 4. The fourth-order valence-corrected chi connectivity index (χ4v) is 19.8. The number of aromatic nitrogens is 12. The molecule has 0 radical (unpaired) electrons. The van der Waals surface area contributed by atoms with E-state index in [1.807, 2.05) is 24.3 Å². The number of hydrogen-bond acceptors (Lipinski definition) is 37. The van der Waals surface area contributed by atoms with Crippen molar-refractivity contribution in [3.8, 4) is 24.3 Å². The molecule has 690 valence electrons. The highest BCUT2D eigenvalue weighted by molar-refractivity contribution is 8.07. The van der Waals surface area contributed by atoms with Gasteiger partial charge in [0.2, 0.25) is 30.8 Å². The molecule has 2 N–H and O–H groups in total. The van der Waals surface area contributed by atoms with E-state index in [0.717, 1.165) is 0 Å². The van der Waals surface area contributed by atoms with Crippen molar-refractivity contribution in [2.24, 2.45) is 21.8 Å². The van der Waals surface area contributed by atoms with Crippen LogP contribution in [0.3, 0.4) is 0 Å². The van der Waals surface area contributed by atoms with Crippen molar-refractivity contribution in [1.82, 2.24) is 58.1 Å². The average molecular weight is 1910 g/mol. The number of hydrogen-bond donors (Lipinski definition) is 2. The minimum absolute atomic E-state index is 0.00302. The quantitative estimate of drug-likeness (QED) is 0.0220. The van der Waals surface area contributed by atoms with Crippen LogP contribution in [0.25, 0.3) is 22.3 Å². The zero-order valence-electron chi connectivity index (χ0n) is 68.7. The van der Waals surface area contributed by atoms with E-state index in [0.29, 0.717) is 22.6 Å². The van der Waals surface area contributed by atoms with E-state index in [2.05, 4.69) is 60.5 Å². The van der Waals surface area contributed by atoms with Gasteiger partial charge in [-0.2, -0.15) is 21.0 Å². The number of aliphatic imine (C=N–C) groups is 2. The molecular weight excluding hydrogens is 1820 g/mol. The van der Waals surface area contributed by atoms with Crippen LogP contribution in [-0.4, -0.2) is 246 Å². The molecule has 0 bridgehead atoms. The Kier molecular flexibility index (Phi) is 30.7. The first-order chi connectivity index (χ1) is 63.1. The maximum Gasteiger partial charge on any atom is 0.333 e. The summed E-state index contributed by atoms with van der Waals surface area (Å²) in [6.07, 6.45) is -18.1. The van der Waals surface area contributed by atoms with E-state index in [9.17, 15) is 49.8 Å². The number of alkyl halides is 4. The Bertz CT molecular complexity index is 5880. The molecule has 14 heterocycles. The lowest BCUT2D eigenvalue weighted by molar-refractivity contribution is -0.121. The van der Waals surface area contributed by atoms with Crippen molar-refractivity contribution < 1.29 is 120 Å². The number of imidazole rings is 4. The molecule has 131 heavy (non-hydrogen) atoms. The van der Waals surface area contributed by atoms with Crippen LogP contribution in [0.5, 0.6) is 0 Å². The second kappa shape index (κ2) is 42.1. The highest BCUT2D eigenvalue weighted by atomic mass is 32.5. The molecule has 16 rings (SSSR count). The van der Waals surface area contributed by atoms with Crippen LogP contribution in [0, 0.1) is 57.2 Å². The molecule has 53 heteroatoms. The molecule has 0 saturated carbocycles. The summed E-state index contributed by atoms with van der Waals surface area (Å²) >= 11 is 5.83. The maximum atomic E-state index is 17.2. The highest BCUT2D eigenvalue weighted by Gasteiger charge is 2.60. The maximum absolute atomic E-state index is 17.2. The summed E-state index contributed by atoms with van der Waals surface area (Å²) in [5.41, 5.74) is 1.80. The van der Waals surface area contributed by atoms with Gasteiger partial charge in [0.1, 0.15) is 87.3 Å². The normalized spacial score (nSPS) is 29.6. The van der Waals surface area contributed by atoms with Crippen LogP contribution >= 0.6 is 31.0 Å². The fourth-order valence-electron chi connectivity index (χ4n) is 14.2. The first-order valence-electron chi connectivity index (χ1n) is 40.3. The second-order valence-electron chi connectivity index (χ2n) is 30.1. The van der Waals surface area contributed by atoms with E-state index < -0.39 is 194 Å². The third kappa shape index (κ3) is 21.5. The number of rotatable bonds is 26. The summed E-state index contributed by atoms with van der Waals surface area (Å²) in [4.78, 5) is 121. The van der Waals surface area contributed by atoms with Gasteiger partial charge in [-0.25, -0.2) is 94.6 Å². The molecule has 0 spiro atoms. The topological polar surface area (TPSA) is 517 Å². The van der Waals surface area contributed by atoms with Crippen LogP contribution in [0.2, 0.25) is 0 Å². The van der Waals surface area contributed by atoms with Crippen LogP contribution < -0.4 is 10.6 Å². The van der Waals surface area contributed by atoms with Gasteiger partial charge in [-0.15, -0.1) is 0 Å². The molecule has 6 unspecified atom stereocenters. The number of nitrogens with zero attached hydrogens (tertiary/aromatic N) is 18. The van der Waals surface area contributed by atoms with Crippen molar-refractivity contribution in [3.05, 3.63) is 121 Å². The summed E-state index contributed by atoms with van der Waals surface area (Å²) in [6, 6.07) is 24.8.